The van der Waals surface area contributed by atoms with Gasteiger partial charge in [0.05, 0.1) is 0 Å². The molecule has 4 heteroatoms. The number of hydrogen-bond donors (Lipinski definition) is 0. The van der Waals surface area contributed by atoms with Crippen molar-refractivity contribution in [2.75, 3.05) is 13.7 Å². The predicted octanol–water partition coefficient (Wildman–Crippen LogP) is 6.95. The second-order valence-corrected chi connectivity index (χ2v) is 18.8. The number of ether oxygens (including phenoxy) is 2. The van der Waals surface area contributed by atoms with Crippen molar-refractivity contribution in [3.8, 4) is 11.5 Å². The fourth-order valence-electron chi connectivity index (χ4n) is 3.13. The van der Waals surface area contributed by atoms with Crippen LogP contribution in [0.25, 0.3) is 0 Å². The van der Waals surface area contributed by atoms with Crippen molar-refractivity contribution in [1.82, 2.24) is 0 Å². The molecule has 1 rings (SSSR count). The van der Waals surface area contributed by atoms with Crippen LogP contribution in [0, 0.1) is 0 Å². The van der Waals surface area contributed by atoms with Crippen LogP contribution < -0.4 is 9.47 Å². The molecule has 1 aromatic carbocycles. The number of rotatable bonds is 15. The first-order chi connectivity index (χ1) is 12.7. The Bertz CT molecular complexity index is 463. The first kappa shape index (κ1) is 23.4. The summed E-state index contributed by atoms with van der Waals surface area (Å²) in [6.45, 7) is 7.57. The molecule has 148 valence electrons. The molecule has 3 nitrogen and oxygen atoms in total. The molecule has 0 unspecified atom stereocenters. The molecular formula is C22H38O3Sn. The van der Waals surface area contributed by atoms with E-state index in [0.717, 1.165) is 11.5 Å². The minimum absolute atomic E-state index is 0.698. The summed E-state index contributed by atoms with van der Waals surface area (Å²) in [5.41, 5.74) is 0. The summed E-state index contributed by atoms with van der Waals surface area (Å²) in [4.78, 5) is 0. The van der Waals surface area contributed by atoms with Crippen LogP contribution in [0.5, 0.6) is 11.5 Å². The molecule has 0 spiro atoms. The van der Waals surface area contributed by atoms with Gasteiger partial charge in [-0.25, -0.2) is 0 Å². The average Bonchev–Trinajstić information content (AvgIpc) is 2.69. The van der Waals surface area contributed by atoms with E-state index >= 15 is 0 Å². The zero-order valence-electron chi connectivity index (χ0n) is 17.3. The van der Waals surface area contributed by atoms with Crippen molar-refractivity contribution in [1.29, 1.82) is 0 Å². The van der Waals surface area contributed by atoms with Crippen LogP contribution in [0.3, 0.4) is 0 Å². The SMILES string of the molecule is CCC[CH2][Sn]([CH2]CCC)([CH2]CCC)[O]C/C=C\Oc1ccc(OC)cc1. The molecule has 0 N–H and O–H groups in total. The Hall–Kier alpha value is -0.681. The van der Waals surface area contributed by atoms with E-state index in [4.69, 9.17) is 12.5 Å². The Labute approximate surface area is 165 Å². The summed E-state index contributed by atoms with van der Waals surface area (Å²) in [6, 6.07) is 7.64. The van der Waals surface area contributed by atoms with Crippen LogP contribution in [-0.4, -0.2) is 32.5 Å². The van der Waals surface area contributed by atoms with Crippen molar-refractivity contribution in [3.05, 3.63) is 36.6 Å². The molecule has 0 aliphatic rings. The van der Waals surface area contributed by atoms with E-state index in [2.05, 4.69) is 20.8 Å². The maximum atomic E-state index is 6.63. The summed E-state index contributed by atoms with van der Waals surface area (Å²) in [5, 5.41) is 0. The third-order valence-electron chi connectivity index (χ3n) is 4.80. The summed E-state index contributed by atoms with van der Waals surface area (Å²) < 4.78 is 21.6. The van der Waals surface area contributed by atoms with Gasteiger partial charge >= 0.3 is 166 Å². The predicted molar refractivity (Wildman–Crippen MR) is 114 cm³/mol. The molecule has 0 bridgehead atoms. The van der Waals surface area contributed by atoms with Gasteiger partial charge in [0.1, 0.15) is 0 Å². The van der Waals surface area contributed by atoms with Gasteiger partial charge in [0.2, 0.25) is 0 Å². The number of unbranched alkanes of at least 4 members (excludes halogenated alkanes) is 3. The topological polar surface area (TPSA) is 27.7 Å². The van der Waals surface area contributed by atoms with Gasteiger partial charge in [0.25, 0.3) is 0 Å². The number of benzene rings is 1. The first-order valence-corrected chi connectivity index (χ1v) is 17.5. The van der Waals surface area contributed by atoms with Crippen LogP contribution in [0.2, 0.25) is 13.3 Å². The normalized spacial score (nSPS) is 11.8. The molecule has 0 atom stereocenters. The van der Waals surface area contributed by atoms with Crippen molar-refractivity contribution in [2.24, 2.45) is 0 Å². The van der Waals surface area contributed by atoms with Gasteiger partial charge in [0.15, 0.2) is 0 Å². The summed E-state index contributed by atoms with van der Waals surface area (Å²) >= 11 is -2.47. The Balaban J connectivity index is 2.55. The van der Waals surface area contributed by atoms with E-state index in [-0.39, 0.29) is 0 Å². The van der Waals surface area contributed by atoms with Gasteiger partial charge in [0, 0.05) is 0 Å². The van der Waals surface area contributed by atoms with Gasteiger partial charge in [-0.2, -0.15) is 0 Å². The fourth-order valence-corrected chi connectivity index (χ4v) is 16.3. The molecule has 0 saturated carbocycles. The summed E-state index contributed by atoms with van der Waals surface area (Å²) in [7, 11) is 1.67. The van der Waals surface area contributed by atoms with Crippen molar-refractivity contribution >= 4 is 18.8 Å². The van der Waals surface area contributed by atoms with Gasteiger partial charge in [-0.3, -0.25) is 0 Å². The van der Waals surface area contributed by atoms with Crippen LogP contribution in [0.15, 0.2) is 36.6 Å². The van der Waals surface area contributed by atoms with Crippen LogP contribution >= 0.6 is 0 Å². The summed E-state index contributed by atoms with van der Waals surface area (Å²) in [6.07, 6.45) is 11.6. The summed E-state index contributed by atoms with van der Waals surface area (Å²) in [5.74, 6) is 1.66. The third-order valence-corrected chi connectivity index (χ3v) is 17.9. The van der Waals surface area contributed by atoms with Gasteiger partial charge in [-0.1, -0.05) is 0 Å². The molecule has 0 heterocycles. The molecule has 0 amide bonds. The Morgan fingerprint density at radius 3 is 1.77 bits per heavy atom. The fraction of sp³-hybridized carbons (Fsp3) is 0.636. The molecular weight excluding hydrogens is 431 g/mol. The zero-order chi connectivity index (χ0) is 19.1. The van der Waals surface area contributed by atoms with E-state index in [1.165, 1.54) is 51.8 Å². The van der Waals surface area contributed by atoms with Gasteiger partial charge in [-0.15, -0.1) is 0 Å². The first-order valence-electron chi connectivity index (χ1n) is 10.3. The molecule has 0 aliphatic carbocycles. The third kappa shape index (κ3) is 9.31. The quantitative estimate of drug-likeness (QED) is 0.206. The van der Waals surface area contributed by atoms with Crippen molar-refractivity contribution in [2.45, 2.75) is 72.6 Å². The molecule has 0 saturated heterocycles. The van der Waals surface area contributed by atoms with Gasteiger partial charge in [-0.05, 0) is 0 Å². The molecule has 26 heavy (non-hydrogen) atoms. The van der Waals surface area contributed by atoms with E-state index in [1.54, 1.807) is 13.4 Å². The zero-order valence-corrected chi connectivity index (χ0v) is 20.1. The second kappa shape index (κ2) is 14.4. The molecule has 0 aliphatic heterocycles. The van der Waals surface area contributed by atoms with Crippen molar-refractivity contribution < 1.29 is 12.5 Å². The Morgan fingerprint density at radius 1 is 0.808 bits per heavy atom. The standard InChI is InChI=1S/C10H11O3.3C4H9.Sn/c1-12-9-3-5-10(6-4-9)13-8-2-7-11;3*1-3-4-2;/h2-6,8H,7H2,1H3;3*1,3-4H2,2H3;/q-1;;;;+1/b8-2-;;;;. The van der Waals surface area contributed by atoms with E-state index in [9.17, 15) is 0 Å². The molecule has 0 aromatic heterocycles. The molecule has 0 fully saturated rings. The molecule has 0 radical (unpaired) electrons. The maximum absolute atomic E-state index is 6.63. The monoisotopic (exact) mass is 470 g/mol. The van der Waals surface area contributed by atoms with Crippen molar-refractivity contribution in [3.63, 3.8) is 0 Å². The minimum atomic E-state index is -2.47. The Kier molecular flexibility index (Phi) is 12.9. The van der Waals surface area contributed by atoms with E-state index in [0.29, 0.717) is 6.61 Å². The second-order valence-electron chi connectivity index (χ2n) is 6.97. The van der Waals surface area contributed by atoms with Crippen LogP contribution in [0.4, 0.5) is 0 Å². The molecule has 1 aromatic rings. The Morgan fingerprint density at radius 2 is 1.31 bits per heavy atom. The van der Waals surface area contributed by atoms with Crippen LogP contribution in [0.1, 0.15) is 59.3 Å². The number of methoxy groups -OCH3 is 1. The average molecular weight is 469 g/mol. The van der Waals surface area contributed by atoms with E-state index in [1.807, 2.05) is 30.3 Å². The van der Waals surface area contributed by atoms with E-state index < -0.39 is 18.8 Å². The van der Waals surface area contributed by atoms with Crippen LogP contribution in [-0.2, 0) is 3.07 Å². The van der Waals surface area contributed by atoms with Gasteiger partial charge < -0.3 is 0 Å². The number of hydrogen-bond acceptors (Lipinski definition) is 3.